The van der Waals surface area contributed by atoms with Crippen LogP contribution in [0.1, 0.15) is 43.1 Å². The Morgan fingerprint density at radius 1 is 1.40 bits per heavy atom. The van der Waals surface area contributed by atoms with Gasteiger partial charge in [0.2, 0.25) is 0 Å². The largest absolute Gasteiger partial charge is 0.477 e. The van der Waals surface area contributed by atoms with Gasteiger partial charge < -0.3 is 20.1 Å². The van der Waals surface area contributed by atoms with Crippen molar-refractivity contribution in [3.8, 4) is 0 Å². The molecular formula is C19H21F2N3O6. The molecule has 1 aromatic carbocycles. The van der Waals surface area contributed by atoms with E-state index in [0.29, 0.717) is 12.8 Å². The van der Waals surface area contributed by atoms with E-state index in [9.17, 15) is 33.6 Å². The van der Waals surface area contributed by atoms with Crippen LogP contribution in [-0.4, -0.2) is 44.2 Å². The van der Waals surface area contributed by atoms with Gasteiger partial charge in [0.1, 0.15) is 12.2 Å². The number of nitrogens with one attached hydrogen (secondary N) is 1. The molecule has 0 saturated heterocycles. The number of carboxylic acid groups (broad SMARTS) is 1. The second-order valence-corrected chi connectivity index (χ2v) is 7.66. The van der Waals surface area contributed by atoms with E-state index in [2.05, 4.69) is 5.32 Å². The number of anilines is 1. The summed E-state index contributed by atoms with van der Waals surface area (Å²) in [6.45, 7) is 1.80. The van der Waals surface area contributed by atoms with Gasteiger partial charge in [-0.25, -0.2) is 13.6 Å². The van der Waals surface area contributed by atoms with E-state index >= 15 is 0 Å². The number of alkyl halides is 2. The molecule has 30 heavy (non-hydrogen) atoms. The molecule has 0 amide bonds. The summed E-state index contributed by atoms with van der Waals surface area (Å²) in [5.74, 6) is -5.76. The van der Waals surface area contributed by atoms with Crippen LogP contribution < -0.4 is 10.9 Å². The van der Waals surface area contributed by atoms with Crippen molar-refractivity contribution < 1.29 is 28.7 Å². The molecule has 3 N–H and O–H groups in total. The predicted octanol–water partition coefficient (Wildman–Crippen LogP) is 3.01. The van der Waals surface area contributed by atoms with Crippen LogP contribution in [0, 0.1) is 16.0 Å². The Hall–Kier alpha value is -3.08. The van der Waals surface area contributed by atoms with Crippen molar-refractivity contribution in [2.45, 2.75) is 44.7 Å². The summed E-state index contributed by atoms with van der Waals surface area (Å²) in [5.41, 5.74) is -2.31. The Morgan fingerprint density at radius 3 is 2.50 bits per heavy atom. The van der Waals surface area contributed by atoms with Gasteiger partial charge in [-0.05, 0) is 38.7 Å². The van der Waals surface area contributed by atoms with E-state index in [1.807, 2.05) is 0 Å². The van der Waals surface area contributed by atoms with Gasteiger partial charge in [-0.15, -0.1) is 0 Å². The topological polar surface area (TPSA) is 135 Å². The number of aliphatic hydroxyl groups excluding tert-OH is 1. The molecule has 0 bridgehead atoms. The smallest absolute Gasteiger partial charge is 0.343 e. The molecule has 2 aromatic rings. The van der Waals surface area contributed by atoms with Gasteiger partial charge >= 0.3 is 5.97 Å². The zero-order valence-corrected chi connectivity index (χ0v) is 16.3. The van der Waals surface area contributed by atoms with Crippen molar-refractivity contribution in [1.29, 1.82) is 0 Å². The molecule has 3 rings (SSSR count). The van der Waals surface area contributed by atoms with Gasteiger partial charge in [-0.1, -0.05) is 0 Å². The molecule has 1 fully saturated rings. The second kappa shape index (κ2) is 7.63. The maximum Gasteiger partial charge on any atom is 0.343 e. The van der Waals surface area contributed by atoms with Gasteiger partial charge in [0.25, 0.3) is 17.2 Å². The first kappa shape index (κ1) is 21.6. The van der Waals surface area contributed by atoms with Crippen molar-refractivity contribution in [2.75, 3.05) is 11.9 Å². The van der Waals surface area contributed by atoms with Gasteiger partial charge in [0.15, 0.2) is 0 Å². The molecule has 1 aliphatic rings. The van der Waals surface area contributed by atoms with E-state index in [0.717, 1.165) is 16.7 Å². The van der Waals surface area contributed by atoms with Crippen LogP contribution in [0.2, 0.25) is 0 Å². The van der Waals surface area contributed by atoms with Crippen LogP contribution in [0.25, 0.3) is 10.9 Å². The molecule has 0 unspecified atom stereocenters. The summed E-state index contributed by atoms with van der Waals surface area (Å²) >= 11 is 0. The fourth-order valence-corrected chi connectivity index (χ4v) is 3.63. The van der Waals surface area contributed by atoms with Gasteiger partial charge in [-0.3, -0.25) is 14.9 Å². The Balaban J connectivity index is 2.37. The number of carbonyl (C=O) groups is 1. The summed E-state index contributed by atoms with van der Waals surface area (Å²) in [6, 6.07) is 1.39. The number of aromatic carboxylic acids is 1. The van der Waals surface area contributed by atoms with Crippen molar-refractivity contribution in [3.05, 3.63) is 44.2 Å². The lowest BCUT2D eigenvalue weighted by atomic mass is 10.0. The third-order valence-electron chi connectivity index (χ3n) is 5.19. The summed E-state index contributed by atoms with van der Waals surface area (Å²) in [5, 5.41) is 32.5. The van der Waals surface area contributed by atoms with E-state index in [4.69, 9.17) is 5.11 Å². The Bertz CT molecular complexity index is 1080. The van der Waals surface area contributed by atoms with Crippen molar-refractivity contribution >= 4 is 28.2 Å². The summed E-state index contributed by atoms with van der Waals surface area (Å²) in [4.78, 5) is 35.5. The lowest BCUT2D eigenvalue weighted by Crippen LogP contribution is -2.45. The highest BCUT2D eigenvalue weighted by Crippen LogP contribution is 2.42. The highest BCUT2D eigenvalue weighted by Gasteiger charge is 2.48. The van der Waals surface area contributed by atoms with Crippen molar-refractivity contribution in [2.24, 2.45) is 5.92 Å². The van der Waals surface area contributed by atoms with E-state index in [1.165, 1.54) is 6.07 Å². The number of nitrogens with zero attached hydrogens (tertiary/aromatic N) is 2. The minimum Gasteiger partial charge on any atom is -0.477 e. The second-order valence-electron chi connectivity index (χ2n) is 7.66. The summed E-state index contributed by atoms with van der Waals surface area (Å²) in [6.07, 6.45) is 0.883. The van der Waals surface area contributed by atoms with E-state index < -0.39 is 58.2 Å². The molecule has 1 aromatic heterocycles. The monoisotopic (exact) mass is 425 g/mol. The summed E-state index contributed by atoms with van der Waals surface area (Å²) in [7, 11) is 0. The number of hydrogen-bond donors (Lipinski definition) is 3. The average molecular weight is 425 g/mol. The number of hydrogen-bond acceptors (Lipinski definition) is 6. The van der Waals surface area contributed by atoms with Gasteiger partial charge in [0.05, 0.1) is 22.2 Å². The first-order chi connectivity index (χ1) is 14.0. The number of fused-ring (bicyclic) bond motifs is 1. The van der Waals surface area contributed by atoms with Crippen LogP contribution in [0.3, 0.4) is 0 Å². The maximum absolute atomic E-state index is 14.4. The zero-order valence-electron chi connectivity index (χ0n) is 16.3. The number of aromatic nitrogens is 1. The fraction of sp³-hybridized carbons (Fsp3) is 0.474. The quantitative estimate of drug-likeness (QED) is 0.437. The normalized spacial score (nSPS) is 15.4. The Morgan fingerprint density at radius 2 is 2.03 bits per heavy atom. The molecule has 0 aliphatic heterocycles. The fourth-order valence-electron chi connectivity index (χ4n) is 3.63. The molecule has 0 radical (unpaired) electrons. The maximum atomic E-state index is 14.4. The van der Waals surface area contributed by atoms with E-state index in [-0.39, 0.29) is 16.6 Å². The number of pyridine rings is 1. The van der Waals surface area contributed by atoms with Crippen LogP contribution in [0.4, 0.5) is 20.2 Å². The van der Waals surface area contributed by atoms with Crippen LogP contribution in [-0.2, 0) is 0 Å². The molecular weight excluding hydrogens is 404 g/mol. The number of nitro groups is 1. The number of aliphatic hydroxyl groups is 1. The molecule has 1 atom stereocenters. The zero-order chi connectivity index (χ0) is 22.4. The molecule has 1 saturated carbocycles. The number of carboxylic acids is 1. The Kier molecular flexibility index (Phi) is 5.50. The highest BCUT2D eigenvalue weighted by atomic mass is 19.3. The van der Waals surface area contributed by atoms with Crippen molar-refractivity contribution in [3.63, 3.8) is 0 Å². The number of halogens is 2. The van der Waals surface area contributed by atoms with Crippen molar-refractivity contribution in [1.82, 2.24) is 4.57 Å². The lowest BCUT2D eigenvalue weighted by Gasteiger charge is -2.29. The number of benzene rings is 1. The minimum atomic E-state index is -3.59. The summed E-state index contributed by atoms with van der Waals surface area (Å²) < 4.78 is 29.9. The average Bonchev–Trinajstić information content (AvgIpc) is 3.49. The highest BCUT2D eigenvalue weighted by molar-refractivity contribution is 6.05. The van der Waals surface area contributed by atoms with Crippen LogP contribution in [0.5, 0.6) is 0 Å². The van der Waals surface area contributed by atoms with Crippen LogP contribution >= 0.6 is 0 Å². The number of rotatable bonds is 8. The molecule has 1 heterocycles. The standard InChI is InChI=1S/C19H21F2N3O6/c1-9(2)23-13-6-5-11(24(29)30)7-12(13)15(14(17(23)26)18(27)28)22-16(10-3-4-10)19(20,21)8-25/h5-7,9-10,16,22,25H,3-4,8H2,1-2H3,(H,27,28)/t16-/m0/s1. The van der Waals surface area contributed by atoms with Gasteiger partial charge in [-0.2, -0.15) is 0 Å². The molecule has 1 aliphatic carbocycles. The van der Waals surface area contributed by atoms with Gasteiger partial charge in [0, 0.05) is 23.6 Å². The molecule has 9 nitrogen and oxygen atoms in total. The Labute approximate surface area is 169 Å². The third kappa shape index (κ3) is 3.72. The third-order valence-corrected chi connectivity index (χ3v) is 5.19. The lowest BCUT2D eigenvalue weighted by molar-refractivity contribution is -0.384. The van der Waals surface area contributed by atoms with Crippen LogP contribution in [0.15, 0.2) is 23.0 Å². The predicted molar refractivity (Wildman–Crippen MR) is 104 cm³/mol. The van der Waals surface area contributed by atoms with E-state index in [1.54, 1.807) is 13.8 Å². The first-order valence-corrected chi connectivity index (χ1v) is 9.34. The first-order valence-electron chi connectivity index (χ1n) is 9.34. The number of non-ortho nitro benzene ring substituents is 1. The molecule has 162 valence electrons. The minimum absolute atomic E-state index is 0.0331. The number of nitro benzene ring substituents is 1. The molecule has 0 spiro atoms. The molecule has 11 heteroatoms. The SMILES string of the molecule is CC(C)n1c(=O)c(C(=O)O)c(N[C@@H](C2CC2)C(F)(F)CO)c2cc([N+](=O)[O-])ccc21.